The van der Waals surface area contributed by atoms with Crippen LogP contribution >= 0.6 is 0 Å². The van der Waals surface area contributed by atoms with E-state index in [-0.39, 0.29) is 71.4 Å². The van der Waals surface area contributed by atoms with Crippen molar-refractivity contribution in [2.24, 2.45) is 82.1 Å². The highest BCUT2D eigenvalue weighted by molar-refractivity contribution is 6.45. The normalized spacial score (nSPS) is 46.9. The van der Waals surface area contributed by atoms with Crippen LogP contribution in [0.15, 0.2) is 74.9 Å². The Labute approximate surface area is 472 Å². The Bertz CT molecular complexity index is 2790. The zero-order chi connectivity index (χ0) is 56.8. The van der Waals surface area contributed by atoms with Gasteiger partial charge in [-0.3, -0.25) is 24.2 Å². The fraction of sp³-hybridized carbons (Fsp3) is 0.742. The second-order valence-corrected chi connectivity index (χ2v) is 28.9. The number of fused-ring (bicyclic) bond motifs is 15. The second-order valence-electron chi connectivity index (χ2n) is 28.9. The molecule has 440 valence electrons. The number of carbonyl (C=O) groups is 4. The number of aliphatic hydroxyl groups is 3. The lowest BCUT2D eigenvalue weighted by Crippen LogP contribution is -2.64. The van der Waals surface area contributed by atoms with Crippen molar-refractivity contribution >= 4 is 29.2 Å². The number of ether oxygens (including phenoxy) is 2. The van der Waals surface area contributed by atoms with Crippen LogP contribution in [0.1, 0.15) is 188 Å². The third-order valence-electron chi connectivity index (χ3n) is 25.0. The van der Waals surface area contributed by atoms with E-state index in [1.807, 2.05) is 32.9 Å². The van der Waals surface area contributed by atoms with Gasteiger partial charge in [0.1, 0.15) is 11.3 Å². The summed E-state index contributed by atoms with van der Waals surface area (Å²) in [5.41, 5.74) is 7.75. The van der Waals surface area contributed by atoms with Gasteiger partial charge in [-0.1, -0.05) is 106 Å². The molecular weight excluding hydrogens is 997 g/mol. The average molecular weight is 1100 g/mol. The highest BCUT2D eigenvalue weighted by atomic mass is 16.6. The number of methoxy groups -OCH3 is 1. The molecule has 0 bridgehead atoms. The number of carboxylic acids is 2. The van der Waals surface area contributed by atoms with E-state index in [9.17, 15) is 39.6 Å². The Morgan fingerprint density at radius 3 is 1.52 bits per heavy atom. The predicted octanol–water partition coefficient (Wildman–Crippen LogP) is 11.5. The first kappa shape index (κ1) is 62.7. The molecule has 6 saturated carbocycles. The number of carboxylic acid groups (broad SMARTS) is 2. The standard InChI is InChI=1S/C32H45NO5.C30H40O5.C2H7NO.2CH4/c1-26-10-11-27(2,25(34)35)19-23(26)30(5)15-13-28(3)21-18-32(36)24(33-16-17-38-32)31(6,37-7)20(21)8-9-22(28)29(30,4)14-12-26;1-25-9-10-26(2,24(34)35)16-22(25)30(6)14-12-27(3)19-15-20(32)23(33)28(4,17-31)18(19)7-8-21(27)29(30,5)13-11-25;3-1-2-4;;/h8-9,18,23,36H,10-17,19H2,1-7H3,(H,34,35);7-8,15,22,31H,9-14,16-17H2,1-6H3,(H,34,35);4H,1-3H2;2*1H4/t23-,26-,27-,28+,29-,30+,31+,32?;22-,25-,26-,27+,28+,29-,30+;;;/m11.../s1. The molecule has 1 aliphatic heterocycles. The molecule has 11 aliphatic rings. The fourth-order valence-electron chi connectivity index (χ4n) is 18.9. The summed E-state index contributed by atoms with van der Waals surface area (Å²) in [7, 11) is 1.69. The molecule has 11 rings (SSSR count). The van der Waals surface area contributed by atoms with Crippen LogP contribution in [0.2, 0.25) is 0 Å². The van der Waals surface area contributed by atoms with E-state index >= 15 is 0 Å². The van der Waals surface area contributed by atoms with Gasteiger partial charge in [-0.05, 0) is 196 Å². The van der Waals surface area contributed by atoms with Gasteiger partial charge in [0, 0.05) is 24.5 Å². The Kier molecular flexibility index (Phi) is 15.8. The molecule has 0 spiro atoms. The molecule has 79 heavy (non-hydrogen) atoms. The van der Waals surface area contributed by atoms with Crippen molar-refractivity contribution in [1.29, 1.82) is 0 Å². The molecule has 0 amide bonds. The van der Waals surface area contributed by atoms with Crippen molar-refractivity contribution in [2.75, 3.05) is 40.0 Å². The number of ketones is 2. The van der Waals surface area contributed by atoms with E-state index in [2.05, 4.69) is 73.6 Å². The molecule has 0 radical (unpaired) electrons. The van der Waals surface area contributed by atoms with Crippen molar-refractivity contribution in [1.82, 2.24) is 0 Å². The Morgan fingerprint density at radius 2 is 1.09 bits per heavy atom. The number of carbonyl (C=O) groups excluding carboxylic acids is 2. The Balaban J connectivity index is 0.000000210. The van der Waals surface area contributed by atoms with Gasteiger partial charge in [0.15, 0.2) is 0 Å². The molecule has 13 nitrogen and oxygen atoms in total. The number of hydrogen-bond donors (Lipinski definition) is 6. The molecule has 10 aliphatic carbocycles. The van der Waals surface area contributed by atoms with Crippen LogP contribution in [0, 0.1) is 71.4 Å². The van der Waals surface area contributed by atoms with Crippen molar-refractivity contribution in [2.45, 2.75) is 199 Å². The summed E-state index contributed by atoms with van der Waals surface area (Å²) in [6, 6.07) is 0. The number of Topliss-reactive ketones (excluding diaryl/α,β-unsaturated/α-hetero) is 1. The SMILES string of the molecule is C.C.CO[C@@]1(C)C2=CC=C3[C@@](C)(CC[C@@]4(C)[C@@H]5C[C@](C)(C(=O)O)CC[C@]5(C)CC[C@]34C)C2=CC2(O)OCCN=C21.C[C@@]1(C(=O)O)CC[C@]2(C)CC[C@]3(C)C4=CC=C5C(=CC(=O)C(=O)[C@@]5(C)CO)[C@]4(C)CC[C@@]3(C)[C@@H]2C1.NCCO. The first-order valence-corrected chi connectivity index (χ1v) is 28.9. The third kappa shape index (κ3) is 8.42. The van der Waals surface area contributed by atoms with Crippen LogP contribution in [0.5, 0.6) is 0 Å². The lowest BCUT2D eigenvalue weighted by Gasteiger charge is -2.70. The molecule has 7 N–H and O–H groups in total. The highest BCUT2D eigenvalue weighted by Gasteiger charge is 2.70. The van der Waals surface area contributed by atoms with Gasteiger partial charge in [0.2, 0.25) is 17.4 Å². The molecule has 0 aromatic heterocycles. The summed E-state index contributed by atoms with van der Waals surface area (Å²) in [6.45, 7) is 27.6. The molecule has 6 fully saturated rings. The van der Waals surface area contributed by atoms with E-state index < -0.39 is 51.1 Å². The lowest BCUT2D eigenvalue weighted by molar-refractivity contribution is -0.179. The fourth-order valence-corrected chi connectivity index (χ4v) is 18.9. The lowest BCUT2D eigenvalue weighted by atomic mass is 9.34. The number of rotatable bonds is 5. The molecule has 15 atom stereocenters. The maximum atomic E-state index is 12.8. The highest BCUT2D eigenvalue weighted by Crippen LogP contribution is 2.78. The van der Waals surface area contributed by atoms with Crippen LogP contribution in [0.25, 0.3) is 0 Å². The van der Waals surface area contributed by atoms with Crippen molar-refractivity contribution in [3.8, 4) is 0 Å². The zero-order valence-electron chi connectivity index (χ0n) is 48.8. The van der Waals surface area contributed by atoms with E-state index in [1.54, 1.807) is 20.1 Å². The monoisotopic (exact) mass is 1100 g/mol. The molecule has 13 heteroatoms. The zero-order valence-corrected chi connectivity index (χ0v) is 48.8. The van der Waals surface area contributed by atoms with Crippen molar-refractivity contribution in [3.63, 3.8) is 0 Å². The van der Waals surface area contributed by atoms with Gasteiger partial charge in [-0.2, -0.15) is 0 Å². The van der Waals surface area contributed by atoms with Gasteiger partial charge in [0.05, 0.1) is 42.6 Å². The number of hydrogen-bond acceptors (Lipinski definition) is 11. The topological polar surface area (TPSA) is 226 Å². The minimum absolute atomic E-state index is 0. The summed E-state index contributed by atoms with van der Waals surface area (Å²) in [6.07, 6.45) is 25.1. The number of allylic oxidation sites excluding steroid dienone is 8. The van der Waals surface area contributed by atoms with Gasteiger partial charge in [0.25, 0.3) is 0 Å². The summed E-state index contributed by atoms with van der Waals surface area (Å²) < 4.78 is 12.1. The third-order valence-corrected chi connectivity index (χ3v) is 25.0. The minimum atomic E-state index is -1.57. The van der Waals surface area contributed by atoms with Gasteiger partial charge in [-0.15, -0.1) is 0 Å². The number of aliphatic hydroxyl groups excluding tert-OH is 2. The molecule has 1 unspecified atom stereocenters. The smallest absolute Gasteiger partial charge is 0.309 e. The Hall–Kier alpha value is -3.85. The molecule has 0 aromatic carbocycles. The van der Waals surface area contributed by atoms with Crippen LogP contribution in [0.3, 0.4) is 0 Å². The first-order chi connectivity index (χ1) is 35.6. The van der Waals surface area contributed by atoms with Crippen molar-refractivity contribution in [3.05, 3.63) is 69.9 Å². The van der Waals surface area contributed by atoms with E-state index in [0.29, 0.717) is 43.7 Å². The number of aliphatic carboxylic acids is 2. The summed E-state index contributed by atoms with van der Waals surface area (Å²) >= 11 is 0. The van der Waals surface area contributed by atoms with Crippen LogP contribution in [0.4, 0.5) is 0 Å². The second kappa shape index (κ2) is 19.9. The minimum Gasteiger partial charge on any atom is -0.481 e. The van der Waals surface area contributed by atoms with Crippen LogP contribution < -0.4 is 5.73 Å². The maximum Gasteiger partial charge on any atom is 0.309 e. The predicted molar refractivity (Wildman–Crippen MR) is 310 cm³/mol. The summed E-state index contributed by atoms with van der Waals surface area (Å²) in [5.74, 6) is -3.31. The average Bonchev–Trinajstić information content (AvgIpc) is 3.57. The largest absolute Gasteiger partial charge is 0.481 e. The van der Waals surface area contributed by atoms with Crippen molar-refractivity contribution < 1.29 is 54.2 Å². The number of aliphatic imine (C=N–C) groups is 1. The Morgan fingerprint density at radius 1 is 0.646 bits per heavy atom. The maximum absolute atomic E-state index is 12.8. The molecule has 0 saturated heterocycles. The summed E-state index contributed by atoms with van der Waals surface area (Å²) in [5, 5.41) is 49.9. The molecule has 1 heterocycles. The van der Waals surface area contributed by atoms with Crippen LogP contribution in [-0.4, -0.2) is 106 Å². The van der Waals surface area contributed by atoms with Gasteiger partial charge < -0.3 is 40.7 Å². The number of nitrogens with two attached hydrogens (primary N) is 1. The van der Waals surface area contributed by atoms with Crippen LogP contribution in [-0.2, 0) is 28.7 Å². The molecule has 0 aromatic rings. The van der Waals surface area contributed by atoms with Gasteiger partial charge in [-0.25, -0.2) is 0 Å². The molecular formula is C66H100N2O11. The number of nitrogens with zero attached hydrogens (tertiary/aromatic N) is 1. The quantitative estimate of drug-likeness (QED) is 0.141. The van der Waals surface area contributed by atoms with E-state index in [1.165, 1.54) is 11.1 Å². The van der Waals surface area contributed by atoms with Gasteiger partial charge >= 0.3 is 11.9 Å². The van der Waals surface area contributed by atoms with E-state index in [0.717, 1.165) is 106 Å². The first-order valence-electron chi connectivity index (χ1n) is 28.9. The van der Waals surface area contributed by atoms with E-state index in [4.69, 9.17) is 25.3 Å². The summed E-state index contributed by atoms with van der Waals surface area (Å²) in [4.78, 5) is 54.9.